The Kier molecular flexibility index (Phi) is 4.07. The second kappa shape index (κ2) is 6.61. The third-order valence-corrected chi connectivity index (χ3v) is 5.70. The third-order valence-electron chi connectivity index (χ3n) is 5.70. The van der Waals surface area contributed by atoms with Gasteiger partial charge >= 0.3 is 0 Å². The molecule has 0 radical (unpaired) electrons. The quantitative estimate of drug-likeness (QED) is 0.503. The molecule has 2 aromatic heterocycles. The minimum atomic E-state index is -0.340. The molecule has 2 saturated carbocycles. The smallest absolute Gasteiger partial charge is 0.254 e. The molecule has 8 nitrogen and oxygen atoms in total. The maximum absolute atomic E-state index is 11.9. The summed E-state index contributed by atoms with van der Waals surface area (Å²) in [6.45, 7) is 3.11. The first-order chi connectivity index (χ1) is 13.6. The number of anilines is 2. The average molecular weight is 380 g/mol. The van der Waals surface area contributed by atoms with E-state index < -0.39 is 0 Å². The van der Waals surface area contributed by atoms with Gasteiger partial charge in [-0.2, -0.15) is 9.61 Å². The van der Waals surface area contributed by atoms with Crippen LogP contribution in [0, 0.1) is 11.8 Å². The Morgan fingerprint density at radius 3 is 2.82 bits per heavy atom. The van der Waals surface area contributed by atoms with Crippen LogP contribution in [0.1, 0.15) is 44.6 Å². The summed E-state index contributed by atoms with van der Waals surface area (Å²) in [6, 6.07) is 2.37. The molecule has 3 N–H and O–H groups in total. The van der Waals surface area contributed by atoms with Gasteiger partial charge in [-0.05, 0) is 50.5 Å². The molecule has 2 aromatic rings. The van der Waals surface area contributed by atoms with Crippen molar-refractivity contribution in [3.05, 3.63) is 23.4 Å². The summed E-state index contributed by atoms with van der Waals surface area (Å²) in [5.41, 5.74) is 1.85. The fourth-order valence-corrected chi connectivity index (χ4v) is 3.61. The maximum Gasteiger partial charge on any atom is 0.254 e. The number of imide groups is 1. The van der Waals surface area contributed by atoms with E-state index in [0.29, 0.717) is 23.2 Å². The summed E-state index contributed by atoms with van der Waals surface area (Å²) < 4.78 is 1.77. The molecule has 1 aliphatic heterocycles. The number of nitrogens with one attached hydrogen (secondary N) is 3. The molecular weight excluding hydrogens is 356 g/mol. The number of aromatic nitrogens is 3. The van der Waals surface area contributed by atoms with Crippen LogP contribution in [0.3, 0.4) is 0 Å². The van der Waals surface area contributed by atoms with Crippen molar-refractivity contribution in [2.24, 2.45) is 11.8 Å². The predicted molar refractivity (Wildman–Crippen MR) is 106 cm³/mol. The van der Waals surface area contributed by atoms with Crippen molar-refractivity contribution in [3.63, 3.8) is 0 Å². The molecule has 0 aromatic carbocycles. The van der Waals surface area contributed by atoms with E-state index in [-0.39, 0.29) is 18.2 Å². The molecule has 3 fully saturated rings. The van der Waals surface area contributed by atoms with Crippen LogP contribution in [-0.4, -0.2) is 39.0 Å². The Labute approximate surface area is 162 Å². The highest BCUT2D eigenvalue weighted by Gasteiger charge is 2.29. The first-order valence-corrected chi connectivity index (χ1v) is 10.0. The molecule has 0 unspecified atom stereocenters. The van der Waals surface area contributed by atoms with Crippen molar-refractivity contribution in [1.82, 2.24) is 19.9 Å². The molecule has 2 aliphatic carbocycles. The highest BCUT2D eigenvalue weighted by atomic mass is 16.2. The highest BCUT2D eigenvalue weighted by Crippen LogP contribution is 2.34. The van der Waals surface area contributed by atoms with E-state index >= 15 is 0 Å². The van der Waals surface area contributed by atoms with E-state index in [4.69, 9.17) is 4.98 Å². The van der Waals surface area contributed by atoms with E-state index in [9.17, 15) is 9.59 Å². The van der Waals surface area contributed by atoms with E-state index in [2.05, 4.69) is 28.0 Å². The Balaban J connectivity index is 1.51. The summed E-state index contributed by atoms with van der Waals surface area (Å²) in [4.78, 5) is 28.2. The van der Waals surface area contributed by atoms with Gasteiger partial charge in [0.05, 0.1) is 12.6 Å². The topological polar surface area (TPSA) is 100 Å². The number of hydrogen-bond donors (Lipinski definition) is 3. The van der Waals surface area contributed by atoms with E-state index in [1.165, 1.54) is 25.7 Å². The zero-order chi connectivity index (χ0) is 19.3. The Morgan fingerprint density at radius 2 is 2.14 bits per heavy atom. The van der Waals surface area contributed by atoms with Gasteiger partial charge in [-0.1, -0.05) is 0 Å². The van der Waals surface area contributed by atoms with Crippen molar-refractivity contribution in [2.45, 2.75) is 45.1 Å². The zero-order valence-corrected chi connectivity index (χ0v) is 15.9. The van der Waals surface area contributed by atoms with E-state index in [1.807, 2.05) is 6.07 Å². The van der Waals surface area contributed by atoms with Crippen LogP contribution >= 0.6 is 0 Å². The molecule has 0 bridgehead atoms. The largest absolute Gasteiger partial charge is 0.370 e. The Morgan fingerprint density at radius 1 is 1.32 bits per heavy atom. The van der Waals surface area contributed by atoms with Crippen LogP contribution in [0.4, 0.5) is 11.6 Å². The van der Waals surface area contributed by atoms with Gasteiger partial charge in [0.15, 0.2) is 5.65 Å². The third kappa shape index (κ3) is 3.46. The van der Waals surface area contributed by atoms with Crippen molar-refractivity contribution in [2.75, 3.05) is 17.2 Å². The lowest BCUT2D eigenvalue weighted by molar-refractivity contribution is -0.124. The number of nitrogens with zero attached hydrogens (tertiary/aromatic N) is 3. The number of carbonyl (C=O) groups is 2. The molecular formula is C20H24N6O2. The first kappa shape index (κ1) is 17.2. The molecule has 5 rings (SSSR count). The maximum atomic E-state index is 11.9. The molecule has 8 heteroatoms. The lowest BCUT2D eigenvalue weighted by Crippen LogP contribution is -2.19. The molecule has 28 heavy (non-hydrogen) atoms. The van der Waals surface area contributed by atoms with Gasteiger partial charge in [-0.25, -0.2) is 4.98 Å². The fourth-order valence-electron chi connectivity index (χ4n) is 3.61. The van der Waals surface area contributed by atoms with Gasteiger partial charge < -0.3 is 10.6 Å². The van der Waals surface area contributed by atoms with Crippen LogP contribution in [0.15, 0.2) is 17.8 Å². The molecule has 3 aliphatic rings. The minimum absolute atomic E-state index is 0.0968. The second-order valence-electron chi connectivity index (χ2n) is 8.18. The van der Waals surface area contributed by atoms with Gasteiger partial charge in [0, 0.05) is 29.8 Å². The van der Waals surface area contributed by atoms with Crippen LogP contribution in [0.25, 0.3) is 11.7 Å². The van der Waals surface area contributed by atoms with Gasteiger partial charge in [0.25, 0.3) is 5.91 Å². The van der Waals surface area contributed by atoms with Crippen LogP contribution in [0.5, 0.6) is 0 Å². The molecule has 0 spiro atoms. The molecule has 2 amide bonds. The number of rotatable bonds is 7. The van der Waals surface area contributed by atoms with E-state index in [0.717, 1.165) is 29.7 Å². The number of carbonyl (C=O) groups excluding carboxylic acids is 2. The van der Waals surface area contributed by atoms with E-state index in [1.54, 1.807) is 16.8 Å². The lowest BCUT2D eigenvalue weighted by atomic mass is 10.1. The van der Waals surface area contributed by atoms with Gasteiger partial charge in [-0.3, -0.25) is 14.9 Å². The van der Waals surface area contributed by atoms with Gasteiger partial charge in [-0.15, -0.1) is 0 Å². The summed E-state index contributed by atoms with van der Waals surface area (Å²) in [7, 11) is 0. The number of amides is 2. The van der Waals surface area contributed by atoms with Crippen molar-refractivity contribution in [3.8, 4) is 0 Å². The Bertz CT molecular complexity index is 986. The molecule has 146 valence electrons. The zero-order valence-electron chi connectivity index (χ0n) is 15.9. The fraction of sp³-hybridized carbons (Fsp3) is 0.500. The van der Waals surface area contributed by atoms with Crippen LogP contribution < -0.4 is 16.0 Å². The number of hydrogen-bond acceptors (Lipinski definition) is 6. The number of fused-ring (bicyclic) bond motifs is 1. The highest BCUT2D eigenvalue weighted by molar-refractivity contribution is 6.15. The summed E-state index contributed by atoms with van der Waals surface area (Å²) in [6.07, 6.45) is 8.57. The second-order valence-corrected chi connectivity index (χ2v) is 8.18. The normalized spacial score (nSPS) is 22.0. The molecule has 1 atom stereocenters. The van der Waals surface area contributed by atoms with Gasteiger partial charge in [0.2, 0.25) is 5.91 Å². The summed E-state index contributed by atoms with van der Waals surface area (Å²) in [5, 5.41) is 13.8. The summed E-state index contributed by atoms with van der Waals surface area (Å²) >= 11 is 0. The van der Waals surface area contributed by atoms with Crippen molar-refractivity contribution >= 4 is 35.2 Å². The predicted octanol–water partition coefficient (Wildman–Crippen LogP) is 2.19. The van der Waals surface area contributed by atoms with Crippen LogP contribution in [0.2, 0.25) is 0 Å². The van der Waals surface area contributed by atoms with Gasteiger partial charge in [0.1, 0.15) is 11.6 Å². The lowest BCUT2D eigenvalue weighted by Gasteiger charge is -2.16. The minimum Gasteiger partial charge on any atom is -0.370 e. The SMILES string of the molecule is C[C@H](Nc1cc(NCC2CC2)n2ncc(/C=C3\CC(=O)NC3=O)c2n1)C1CC1. The van der Waals surface area contributed by atoms with Crippen LogP contribution in [-0.2, 0) is 9.59 Å². The Hall–Kier alpha value is -2.90. The standard InChI is InChI=1S/C20H24N6O2/c1-11(13-4-5-13)23-16-8-17(21-9-12-2-3-12)26-19(24-16)15(10-22-26)6-14-7-18(27)25-20(14)28/h6,8,10-13,21H,2-5,7,9H2,1H3,(H,23,24)(H,25,27,28)/b14-6+/t11-/m0/s1. The van der Waals surface area contributed by atoms with Crippen molar-refractivity contribution in [1.29, 1.82) is 0 Å². The average Bonchev–Trinajstić information content (AvgIpc) is 3.57. The summed E-state index contributed by atoms with van der Waals surface area (Å²) in [5.74, 6) is 2.52. The monoisotopic (exact) mass is 380 g/mol. The first-order valence-electron chi connectivity index (χ1n) is 10.0. The molecule has 1 saturated heterocycles. The van der Waals surface area contributed by atoms with Crippen molar-refractivity contribution < 1.29 is 9.59 Å². The molecule has 3 heterocycles.